The Balaban J connectivity index is 2.16. The van der Waals surface area contributed by atoms with Crippen LogP contribution in [0.25, 0.3) is 0 Å². The predicted octanol–water partition coefficient (Wildman–Crippen LogP) is 1.76. The number of nitrogens with one attached hydrogen (secondary N) is 1. The molecule has 2 rings (SSSR count). The van der Waals surface area contributed by atoms with Crippen LogP contribution in [0.5, 0.6) is 0 Å². The van der Waals surface area contributed by atoms with E-state index in [9.17, 15) is 9.59 Å². The maximum absolute atomic E-state index is 12.2. The maximum Gasteiger partial charge on any atom is 0.254 e. The van der Waals surface area contributed by atoms with Crippen molar-refractivity contribution in [3.63, 3.8) is 0 Å². The molecule has 5 nitrogen and oxygen atoms in total. The highest BCUT2D eigenvalue weighted by atomic mass is 32.2. The topological polar surface area (TPSA) is 64.0 Å². The number of carbonyl (C=O) groups excluding carboxylic acids is 1. The van der Waals surface area contributed by atoms with Crippen molar-refractivity contribution in [3.8, 4) is 0 Å². The summed E-state index contributed by atoms with van der Waals surface area (Å²) in [4.78, 5) is 28.6. The molecule has 2 heterocycles. The molecule has 1 atom stereocenters. The van der Waals surface area contributed by atoms with Crippen LogP contribution in [0, 0.1) is 0 Å². The average molecular weight is 295 g/mol. The Morgan fingerprint density at radius 2 is 2.35 bits per heavy atom. The maximum atomic E-state index is 12.2. The van der Waals surface area contributed by atoms with E-state index in [0.717, 1.165) is 29.4 Å². The Labute approximate surface area is 123 Å². The summed E-state index contributed by atoms with van der Waals surface area (Å²) < 4.78 is 1.67. The smallest absolute Gasteiger partial charge is 0.254 e. The Morgan fingerprint density at radius 1 is 1.60 bits per heavy atom. The standard InChI is InChI=1S/C14H21N3O2S/c1-4-5-10-6-13(19)17-11(8-20-14(17)16-10)7-12(18)15-9(2)3/h6,9,11H,4-5,7-8H2,1-3H3,(H,15,18). The fraction of sp³-hybridized carbons (Fsp3) is 0.643. The second-order valence-electron chi connectivity index (χ2n) is 5.38. The van der Waals surface area contributed by atoms with Crippen LogP contribution in [0.3, 0.4) is 0 Å². The quantitative estimate of drug-likeness (QED) is 0.841. The second kappa shape index (κ2) is 6.43. The molecule has 0 saturated carbocycles. The number of rotatable bonds is 5. The summed E-state index contributed by atoms with van der Waals surface area (Å²) in [5.41, 5.74) is 0.814. The van der Waals surface area contributed by atoms with Crippen LogP contribution in [-0.4, -0.2) is 27.3 Å². The number of aromatic nitrogens is 2. The molecule has 1 aromatic heterocycles. The third-order valence-electron chi connectivity index (χ3n) is 3.12. The largest absolute Gasteiger partial charge is 0.354 e. The monoisotopic (exact) mass is 295 g/mol. The fourth-order valence-corrected chi connectivity index (χ4v) is 3.50. The van der Waals surface area contributed by atoms with Crippen LogP contribution in [0.4, 0.5) is 0 Å². The predicted molar refractivity (Wildman–Crippen MR) is 80.1 cm³/mol. The number of thioether (sulfide) groups is 1. The van der Waals surface area contributed by atoms with Gasteiger partial charge in [-0.1, -0.05) is 25.1 Å². The molecule has 0 aromatic carbocycles. The number of nitrogens with zero attached hydrogens (tertiary/aromatic N) is 2. The Kier molecular flexibility index (Phi) is 4.86. The van der Waals surface area contributed by atoms with Crippen molar-refractivity contribution in [3.05, 3.63) is 22.1 Å². The van der Waals surface area contributed by atoms with E-state index in [0.29, 0.717) is 6.42 Å². The lowest BCUT2D eigenvalue weighted by molar-refractivity contribution is -0.122. The molecule has 110 valence electrons. The van der Waals surface area contributed by atoms with Gasteiger partial charge in [0.05, 0.1) is 6.04 Å². The minimum Gasteiger partial charge on any atom is -0.354 e. The number of hydrogen-bond donors (Lipinski definition) is 1. The highest BCUT2D eigenvalue weighted by molar-refractivity contribution is 7.99. The number of hydrogen-bond acceptors (Lipinski definition) is 4. The summed E-state index contributed by atoms with van der Waals surface area (Å²) in [6.45, 7) is 5.93. The summed E-state index contributed by atoms with van der Waals surface area (Å²) in [5.74, 6) is 0.728. The van der Waals surface area contributed by atoms with Gasteiger partial charge in [0, 0.05) is 30.0 Å². The van der Waals surface area contributed by atoms with Gasteiger partial charge in [-0.05, 0) is 20.3 Å². The lowest BCUT2D eigenvalue weighted by atomic mass is 10.2. The molecule has 1 N–H and O–H groups in total. The summed E-state index contributed by atoms with van der Waals surface area (Å²) >= 11 is 1.56. The minimum absolute atomic E-state index is 0.0111. The number of aryl methyl sites for hydroxylation is 1. The van der Waals surface area contributed by atoms with Crippen molar-refractivity contribution in [1.29, 1.82) is 0 Å². The van der Waals surface area contributed by atoms with Crippen molar-refractivity contribution >= 4 is 17.7 Å². The van der Waals surface area contributed by atoms with Crippen LogP contribution in [0.2, 0.25) is 0 Å². The molecular weight excluding hydrogens is 274 g/mol. The van der Waals surface area contributed by atoms with Crippen molar-refractivity contribution in [1.82, 2.24) is 14.9 Å². The van der Waals surface area contributed by atoms with Gasteiger partial charge in [-0.25, -0.2) is 4.98 Å². The van der Waals surface area contributed by atoms with E-state index >= 15 is 0 Å². The molecule has 6 heteroatoms. The first-order valence-corrected chi connectivity index (χ1v) is 8.04. The van der Waals surface area contributed by atoms with E-state index in [2.05, 4.69) is 17.2 Å². The van der Waals surface area contributed by atoms with Crippen molar-refractivity contribution in [2.45, 2.75) is 57.3 Å². The van der Waals surface area contributed by atoms with E-state index in [4.69, 9.17) is 0 Å². The Morgan fingerprint density at radius 3 is 3.00 bits per heavy atom. The van der Waals surface area contributed by atoms with Crippen molar-refractivity contribution in [2.75, 3.05) is 5.75 Å². The van der Waals surface area contributed by atoms with Gasteiger partial charge in [-0.2, -0.15) is 0 Å². The molecular formula is C14H21N3O2S. The average Bonchev–Trinajstić information content (AvgIpc) is 2.72. The van der Waals surface area contributed by atoms with E-state index in [1.54, 1.807) is 22.4 Å². The van der Waals surface area contributed by atoms with Gasteiger partial charge in [0.25, 0.3) is 5.56 Å². The van der Waals surface area contributed by atoms with Gasteiger partial charge in [0.2, 0.25) is 5.91 Å². The summed E-state index contributed by atoms with van der Waals surface area (Å²) in [7, 11) is 0. The highest BCUT2D eigenvalue weighted by Crippen LogP contribution is 2.32. The molecule has 0 bridgehead atoms. The number of amides is 1. The van der Waals surface area contributed by atoms with Gasteiger partial charge in [-0.3, -0.25) is 14.2 Å². The highest BCUT2D eigenvalue weighted by Gasteiger charge is 2.27. The summed E-state index contributed by atoms with van der Waals surface area (Å²) in [6, 6.07) is 1.65. The van der Waals surface area contributed by atoms with Gasteiger partial charge in [0.15, 0.2) is 5.16 Å². The molecule has 0 fully saturated rings. The van der Waals surface area contributed by atoms with Crippen LogP contribution < -0.4 is 10.9 Å². The van der Waals surface area contributed by atoms with Crippen molar-refractivity contribution in [2.24, 2.45) is 0 Å². The molecule has 1 aliphatic rings. The van der Waals surface area contributed by atoms with Crippen LogP contribution in [0.1, 0.15) is 45.3 Å². The first kappa shape index (κ1) is 15.1. The molecule has 1 unspecified atom stereocenters. The SMILES string of the molecule is CCCc1cc(=O)n2c(n1)SCC2CC(=O)NC(C)C. The Bertz CT molecular complexity index is 554. The molecule has 0 saturated heterocycles. The molecule has 0 spiro atoms. The van der Waals surface area contributed by atoms with Gasteiger partial charge in [-0.15, -0.1) is 0 Å². The van der Waals surface area contributed by atoms with Crippen LogP contribution >= 0.6 is 11.8 Å². The van der Waals surface area contributed by atoms with E-state index < -0.39 is 0 Å². The van der Waals surface area contributed by atoms with E-state index in [1.165, 1.54) is 0 Å². The zero-order chi connectivity index (χ0) is 14.7. The van der Waals surface area contributed by atoms with Crippen LogP contribution in [-0.2, 0) is 11.2 Å². The molecule has 1 amide bonds. The molecule has 20 heavy (non-hydrogen) atoms. The zero-order valence-electron chi connectivity index (χ0n) is 12.2. The minimum atomic E-state index is -0.0792. The van der Waals surface area contributed by atoms with Gasteiger partial charge >= 0.3 is 0 Å². The second-order valence-corrected chi connectivity index (χ2v) is 6.37. The molecule has 0 aliphatic carbocycles. The summed E-state index contributed by atoms with van der Waals surface area (Å²) in [5, 5.41) is 3.62. The normalized spacial score (nSPS) is 17.3. The lowest BCUT2D eigenvalue weighted by Crippen LogP contribution is -2.34. The molecule has 1 aromatic rings. The van der Waals surface area contributed by atoms with Crippen LogP contribution in [0.15, 0.2) is 16.0 Å². The van der Waals surface area contributed by atoms with Gasteiger partial charge < -0.3 is 5.32 Å². The zero-order valence-corrected chi connectivity index (χ0v) is 13.0. The first-order valence-electron chi connectivity index (χ1n) is 7.06. The molecule has 1 aliphatic heterocycles. The van der Waals surface area contributed by atoms with Crippen molar-refractivity contribution < 1.29 is 4.79 Å². The number of carbonyl (C=O) groups is 1. The van der Waals surface area contributed by atoms with E-state index in [1.807, 2.05) is 13.8 Å². The fourth-order valence-electron chi connectivity index (χ4n) is 2.33. The number of fused-ring (bicyclic) bond motifs is 1. The summed E-state index contributed by atoms with van der Waals surface area (Å²) in [6.07, 6.45) is 2.13. The third kappa shape index (κ3) is 3.42. The first-order chi connectivity index (χ1) is 9.51. The third-order valence-corrected chi connectivity index (χ3v) is 4.22. The Hall–Kier alpha value is -1.30. The lowest BCUT2D eigenvalue weighted by Gasteiger charge is -2.14. The van der Waals surface area contributed by atoms with Gasteiger partial charge in [0.1, 0.15) is 0 Å². The van der Waals surface area contributed by atoms with E-state index in [-0.39, 0.29) is 23.6 Å². The molecule has 0 radical (unpaired) electrons.